The van der Waals surface area contributed by atoms with Gasteiger partial charge in [-0.05, 0) is 12.1 Å². The summed E-state index contributed by atoms with van der Waals surface area (Å²) in [6, 6.07) is 6.36. The molecule has 15 heavy (non-hydrogen) atoms. The van der Waals surface area contributed by atoms with Gasteiger partial charge in [0.05, 0.1) is 26.0 Å². The third-order valence-corrected chi connectivity index (χ3v) is 2.70. The summed E-state index contributed by atoms with van der Waals surface area (Å²) in [5.74, 6) is 0. The van der Waals surface area contributed by atoms with Gasteiger partial charge in [-0.25, -0.2) is 0 Å². The number of benzene rings is 1. The quantitative estimate of drug-likeness (QED) is 0.626. The van der Waals surface area contributed by atoms with Crippen molar-refractivity contribution in [3.05, 3.63) is 29.8 Å². The normalized spacial score (nSPS) is 12.8. The van der Waals surface area contributed by atoms with Gasteiger partial charge in [-0.3, -0.25) is 4.55 Å². The number of nitrogens with zero attached hydrogens (tertiary/aromatic N) is 1. The predicted octanol–water partition coefficient (Wildman–Crippen LogP) is 1.14. The zero-order chi connectivity index (χ0) is 11.7. The molecule has 0 bridgehead atoms. The van der Waals surface area contributed by atoms with E-state index in [1.807, 2.05) is 27.2 Å². The first-order chi connectivity index (χ1) is 6.68. The second-order valence-corrected chi connectivity index (χ2v) is 5.99. The van der Waals surface area contributed by atoms with Gasteiger partial charge in [-0.1, -0.05) is 12.1 Å². The molecule has 84 valence electrons. The van der Waals surface area contributed by atoms with Crippen molar-refractivity contribution in [3.63, 3.8) is 0 Å². The van der Waals surface area contributed by atoms with E-state index < -0.39 is 10.1 Å². The lowest BCUT2D eigenvalue weighted by Gasteiger charge is -2.23. The van der Waals surface area contributed by atoms with Crippen LogP contribution in [0.25, 0.3) is 0 Å². The molecule has 4 nitrogen and oxygen atoms in total. The molecule has 0 heterocycles. The second-order valence-electron chi connectivity index (χ2n) is 4.57. The Balaban J connectivity index is 3.04. The molecule has 0 spiro atoms. The van der Waals surface area contributed by atoms with Gasteiger partial charge in [0.15, 0.2) is 0 Å². The molecular formula is C10H16NO3S+. The molecule has 0 aromatic heterocycles. The van der Waals surface area contributed by atoms with Crippen molar-refractivity contribution in [1.29, 1.82) is 0 Å². The van der Waals surface area contributed by atoms with Gasteiger partial charge in [0, 0.05) is 5.56 Å². The Morgan fingerprint density at radius 3 is 2.33 bits per heavy atom. The zero-order valence-electron chi connectivity index (χ0n) is 9.14. The molecule has 0 amide bonds. The summed E-state index contributed by atoms with van der Waals surface area (Å²) >= 11 is 0. The number of rotatable bonds is 3. The number of hydrogen-bond donors (Lipinski definition) is 1. The van der Waals surface area contributed by atoms with Crippen LogP contribution in [-0.4, -0.2) is 38.6 Å². The third kappa shape index (κ3) is 3.99. The minimum absolute atomic E-state index is 0.0477. The van der Waals surface area contributed by atoms with Gasteiger partial charge >= 0.3 is 0 Å². The van der Waals surface area contributed by atoms with Gasteiger partial charge in [0.1, 0.15) is 6.54 Å². The minimum atomic E-state index is -4.09. The fourth-order valence-electron chi connectivity index (χ4n) is 1.35. The SMILES string of the molecule is C[N+](C)(C)Cc1cccc(S(=O)(=O)O)c1. The summed E-state index contributed by atoms with van der Waals surface area (Å²) in [6.45, 7) is 0.712. The van der Waals surface area contributed by atoms with Crippen molar-refractivity contribution in [1.82, 2.24) is 0 Å². The lowest BCUT2D eigenvalue weighted by molar-refractivity contribution is -0.884. The Labute approximate surface area is 90.5 Å². The average Bonchev–Trinajstić information content (AvgIpc) is 1.99. The molecular weight excluding hydrogens is 214 g/mol. The van der Waals surface area contributed by atoms with Crippen LogP contribution in [-0.2, 0) is 16.7 Å². The lowest BCUT2D eigenvalue weighted by atomic mass is 10.2. The summed E-state index contributed by atoms with van der Waals surface area (Å²) < 4.78 is 31.4. The van der Waals surface area contributed by atoms with E-state index in [2.05, 4.69) is 0 Å². The number of quaternary nitrogens is 1. The summed E-state index contributed by atoms with van der Waals surface area (Å²) in [7, 11) is 1.95. The molecule has 0 saturated heterocycles. The highest BCUT2D eigenvalue weighted by Gasteiger charge is 2.13. The summed E-state index contributed by atoms with van der Waals surface area (Å²) in [4.78, 5) is -0.0477. The molecule has 0 aliphatic heterocycles. The van der Waals surface area contributed by atoms with Crippen LogP contribution in [0.15, 0.2) is 29.2 Å². The van der Waals surface area contributed by atoms with Crippen molar-refractivity contribution in [2.45, 2.75) is 11.4 Å². The van der Waals surface area contributed by atoms with Gasteiger partial charge in [-0.2, -0.15) is 8.42 Å². The first kappa shape index (κ1) is 12.2. The topological polar surface area (TPSA) is 54.4 Å². The van der Waals surface area contributed by atoms with Crippen LogP contribution < -0.4 is 0 Å². The molecule has 1 rings (SSSR count). The van der Waals surface area contributed by atoms with Crippen molar-refractivity contribution in [3.8, 4) is 0 Å². The molecule has 0 atom stereocenters. The van der Waals surface area contributed by atoms with Crippen molar-refractivity contribution in [2.75, 3.05) is 21.1 Å². The van der Waals surface area contributed by atoms with Crippen LogP contribution in [0.2, 0.25) is 0 Å². The maximum atomic E-state index is 10.9. The van der Waals surface area contributed by atoms with E-state index in [1.54, 1.807) is 6.07 Å². The standard InChI is InChI=1S/C10H15NO3S/c1-11(2,3)8-9-5-4-6-10(7-9)15(12,13)14/h4-7H,8H2,1-3H3/p+1. The largest absolute Gasteiger partial charge is 0.327 e. The summed E-state index contributed by atoms with van der Waals surface area (Å²) in [5.41, 5.74) is 0.887. The lowest BCUT2D eigenvalue weighted by Crippen LogP contribution is -2.33. The molecule has 0 saturated carbocycles. The molecule has 0 unspecified atom stereocenters. The van der Waals surface area contributed by atoms with Crippen molar-refractivity contribution < 1.29 is 17.5 Å². The monoisotopic (exact) mass is 230 g/mol. The summed E-state index contributed by atoms with van der Waals surface area (Å²) in [5, 5.41) is 0. The highest BCUT2D eigenvalue weighted by atomic mass is 32.2. The van der Waals surface area contributed by atoms with Crippen LogP contribution >= 0.6 is 0 Å². The van der Waals surface area contributed by atoms with Gasteiger partial charge in [0.2, 0.25) is 0 Å². The Kier molecular flexibility index (Phi) is 3.18. The molecule has 0 aliphatic rings. The average molecular weight is 230 g/mol. The first-order valence-electron chi connectivity index (χ1n) is 4.55. The van der Waals surface area contributed by atoms with Gasteiger partial charge < -0.3 is 4.48 Å². The molecule has 1 aromatic carbocycles. The van der Waals surface area contributed by atoms with E-state index in [1.165, 1.54) is 12.1 Å². The van der Waals surface area contributed by atoms with E-state index >= 15 is 0 Å². The van der Waals surface area contributed by atoms with Crippen LogP contribution in [0, 0.1) is 0 Å². The molecule has 1 N–H and O–H groups in total. The van der Waals surface area contributed by atoms with E-state index in [-0.39, 0.29) is 4.90 Å². The summed E-state index contributed by atoms with van der Waals surface area (Å²) in [6.07, 6.45) is 0. The maximum Gasteiger partial charge on any atom is 0.294 e. The highest BCUT2D eigenvalue weighted by molar-refractivity contribution is 7.85. The second kappa shape index (κ2) is 3.92. The van der Waals surface area contributed by atoms with Crippen molar-refractivity contribution >= 4 is 10.1 Å². The van der Waals surface area contributed by atoms with Crippen molar-refractivity contribution in [2.24, 2.45) is 0 Å². The first-order valence-corrected chi connectivity index (χ1v) is 5.99. The Hall–Kier alpha value is -0.910. The van der Waals surface area contributed by atoms with Gasteiger partial charge in [0.25, 0.3) is 10.1 Å². The highest BCUT2D eigenvalue weighted by Crippen LogP contribution is 2.13. The fraction of sp³-hybridized carbons (Fsp3) is 0.400. The predicted molar refractivity (Wildman–Crippen MR) is 58.0 cm³/mol. The molecule has 0 aliphatic carbocycles. The van der Waals surface area contributed by atoms with E-state index in [0.717, 1.165) is 5.56 Å². The smallest absolute Gasteiger partial charge is 0.294 e. The van der Waals surface area contributed by atoms with Crippen LogP contribution in [0.5, 0.6) is 0 Å². The third-order valence-electron chi connectivity index (χ3n) is 1.85. The zero-order valence-corrected chi connectivity index (χ0v) is 9.95. The van der Waals surface area contributed by atoms with Crippen LogP contribution in [0.3, 0.4) is 0 Å². The Bertz CT molecular complexity index is 446. The van der Waals surface area contributed by atoms with Crippen LogP contribution in [0.1, 0.15) is 5.56 Å². The van der Waals surface area contributed by atoms with Gasteiger partial charge in [-0.15, -0.1) is 0 Å². The minimum Gasteiger partial charge on any atom is -0.327 e. The Morgan fingerprint density at radius 2 is 1.87 bits per heavy atom. The molecule has 5 heteroatoms. The van der Waals surface area contributed by atoms with Crippen LogP contribution in [0.4, 0.5) is 0 Å². The molecule has 1 aromatic rings. The maximum absolute atomic E-state index is 10.9. The fourth-order valence-corrected chi connectivity index (χ4v) is 1.90. The molecule has 0 fully saturated rings. The van der Waals surface area contributed by atoms with E-state index in [0.29, 0.717) is 11.0 Å². The Morgan fingerprint density at radius 1 is 1.27 bits per heavy atom. The molecule has 0 radical (unpaired) electrons. The van der Waals surface area contributed by atoms with E-state index in [4.69, 9.17) is 4.55 Å². The number of hydrogen-bond acceptors (Lipinski definition) is 2. The van der Waals surface area contributed by atoms with E-state index in [9.17, 15) is 8.42 Å².